The van der Waals surface area contributed by atoms with Gasteiger partial charge in [-0.25, -0.2) is 4.79 Å². The zero-order valence-corrected chi connectivity index (χ0v) is 16.1. The summed E-state index contributed by atoms with van der Waals surface area (Å²) in [5.74, 6) is -0.921. The second-order valence-corrected chi connectivity index (χ2v) is 6.98. The molecule has 0 saturated carbocycles. The number of carbonyl (C=O) groups is 3. The van der Waals surface area contributed by atoms with Gasteiger partial charge in [-0.05, 0) is 44.0 Å². The predicted octanol–water partition coefficient (Wildman–Crippen LogP) is 3.78. The molecule has 4 rings (SSSR count). The minimum atomic E-state index is -0.396. The number of aryl methyl sites for hydroxylation is 1. The van der Waals surface area contributed by atoms with Gasteiger partial charge in [-0.15, -0.1) is 0 Å². The van der Waals surface area contributed by atoms with Crippen LogP contribution in [0.15, 0.2) is 54.6 Å². The summed E-state index contributed by atoms with van der Waals surface area (Å²) in [6, 6.07) is 16.0. The number of pyridine rings is 1. The Hall–Kier alpha value is -3.54. The quantitative estimate of drug-likeness (QED) is 0.365. The van der Waals surface area contributed by atoms with E-state index in [4.69, 9.17) is 4.74 Å². The first-order valence-electron chi connectivity index (χ1n) is 9.55. The van der Waals surface area contributed by atoms with Crippen molar-refractivity contribution in [1.29, 1.82) is 0 Å². The topological polar surface area (TPSA) is 76.6 Å². The van der Waals surface area contributed by atoms with Crippen LogP contribution in [0.2, 0.25) is 0 Å². The Bertz CT molecular complexity index is 1090. The third-order valence-electron chi connectivity index (χ3n) is 4.95. The number of fused-ring (bicyclic) bond motifs is 2. The number of amides is 2. The van der Waals surface area contributed by atoms with Gasteiger partial charge in [0.15, 0.2) is 0 Å². The fourth-order valence-electron chi connectivity index (χ4n) is 3.53. The van der Waals surface area contributed by atoms with Gasteiger partial charge in [-0.2, -0.15) is 0 Å². The third-order valence-corrected chi connectivity index (χ3v) is 4.95. The van der Waals surface area contributed by atoms with E-state index in [1.54, 1.807) is 30.3 Å². The number of para-hydroxylation sites is 1. The molecule has 6 nitrogen and oxygen atoms in total. The summed E-state index contributed by atoms with van der Waals surface area (Å²) in [5, 5.41) is 0.758. The minimum Gasteiger partial charge on any atom is -0.462 e. The molecule has 0 unspecified atom stereocenters. The van der Waals surface area contributed by atoms with Gasteiger partial charge >= 0.3 is 5.97 Å². The van der Waals surface area contributed by atoms with Crippen molar-refractivity contribution in [1.82, 2.24) is 9.88 Å². The largest absolute Gasteiger partial charge is 0.462 e. The lowest BCUT2D eigenvalue weighted by molar-refractivity contribution is 0.0487. The molecule has 0 atom stereocenters. The normalized spacial score (nSPS) is 13.1. The molecule has 0 saturated heterocycles. The molecule has 6 heteroatoms. The number of hydrogen-bond donors (Lipinski definition) is 0. The van der Waals surface area contributed by atoms with Crippen molar-refractivity contribution in [3.63, 3.8) is 0 Å². The van der Waals surface area contributed by atoms with Crippen LogP contribution < -0.4 is 0 Å². The summed E-state index contributed by atoms with van der Waals surface area (Å²) >= 11 is 0. The number of benzene rings is 2. The van der Waals surface area contributed by atoms with Gasteiger partial charge in [0.25, 0.3) is 11.8 Å². The van der Waals surface area contributed by atoms with Crippen LogP contribution in [0.25, 0.3) is 10.9 Å². The fourth-order valence-corrected chi connectivity index (χ4v) is 3.53. The number of esters is 1. The second kappa shape index (κ2) is 7.83. The molecule has 2 aromatic carbocycles. The van der Waals surface area contributed by atoms with E-state index in [2.05, 4.69) is 4.98 Å². The van der Waals surface area contributed by atoms with E-state index in [0.29, 0.717) is 36.1 Å². The SMILES string of the molecule is Cc1cc(C(=O)OCCCCN2C(=O)c3ccccc3C2=O)c2ccccc2n1. The summed E-state index contributed by atoms with van der Waals surface area (Å²) in [6.45, 7) is 2.37. The van der Waals surface area contributed by atoms with Crippen molar-refractivity contribution in [2.24, 2.45) is 0 Å². The summed E-state index contributed by atoms with van der Waals surface area (Å²) in [5.41, 5.74) is 2.90. The number of hydrogen-bond acceptors (Lipinski definition) is 5. The molecule has 1 aromatic heterocycles. The molecular formula is C23H20N2O4. The lowest BCUT2D eigenvalue weighted by atomic mass is 10.1. The molecular weight excluding hydrogens is 368 g/mol. The summed E-state index contributed by atoms with van der Waals surface area (Å²) in [6.07, 6.45) is 1.12. The number of carbonyl (C=O) groups excluding carboxylic acids is 3. The standard InChI is InChI=1S/C23H20N2O4/c1-15-14-19(16-8-4-5-11-20(16)24-15)23(28)29-13-7-6-12-25-21(26)17-9-2-3-10-18(17)22(25)27/h2-5,8-11,14H,6-7,12-13H2,1H3. The van der Waals surface area contributed by atoms with Crippen molar-refractivity contribution < 1.29 is 19.1 Å². The van der Waals surface area contributed by atoms with Gasteiger partial charge in [-0.3, -0.25) is 19.5 Å². The maximum atomic E-state index is 12.5. The van der Waals surface area contributed by atoms with Crippen LogP contribution >= 0.6 is 0 Å². The van der Waals surface area contributed by atoms with E-state index in [-0.39, 0.29) is 18.4 Å². The Labute approximate surface area is 168 Å². The van der Waals surface area contributed by atoms with E-state index in [1.807, 2.05) is 31.2 Å². The molecule has 2 amide bonds. The summed E-state index contributed by atoms with van der Waals surface area (Å²) < 4.78 is 5.42. The first-order valence-corrected chi connectivity index (χ1v) is 9.55. The van der Waals surface area contributed by atoms with Gasteiger partial charge in [0, 0.05) is 17.6 Å². The Kier molecular flexibility index (Phi) is 5.08. The highest BCUT2D eigenvalue weighted by atomic mass is 16.5. The zero-order chi connectivity index (χ0) is 20.4. The Morgan fingerprint density at radius 1 is 0.966 bits per heavy atom. The van der Waals surface area contributed by atoms with Crippen LogP contribution in [0.3, 0.4) is 0 Å². The molecule has 0 fully saturated rings. The monoisotopic (exact) mass is 388 g/mol. The Morgan fingerprint density at radius 2 is 1.62 bits per heavy atom. The number of unbranched alkanes of at least 4 members (excludes halogenated alkanes) is 1. The molecule has 1 aliphatic heterocycles. The molecule has 0 aliphatic carbocycles. The predicted molar refractivity (Wildman–Crippen MR) is 108 cm³/mol. The number of nitrogens with zero attached hydrogens (tertiary/aromatic N) is 2. The second-order valence-electron chi connectivity index (χ2n) is 6.98. The molecule has 1 aliphatic rings. The van der Waals surface area contributed by atoms with E-state index in [1.165, 1.54) is 4.90 Å². The van der Waals surface area contributed by atoms with Gasteiger partial charge < -0.3 is 4.74 Å². The van der Waals surface area contributed by atoms with Crippen molar-refractivity contribution >= 4 is 28.7 Å². The molecule has 0 N–H and O–H groups in total. The van der Waals surface area contributed by atoms with Gasteiger partial charge in [0.2, 0.25) is 0 Å². The molecule has 2 heterocycles. The number of aromatic nitrogens is 1. The lowest BCUT2D eigenvalue weighted by Crippen LogP contribution is -2.30. The van der Waals surface area contributed by atoms with Crippen LogP contribution in [0.4, 0.5) is 0 Å². The van der Waals surface area contributed by atoms with Crippen LogP contribution in [0.5, 0.6) is 0 Å². The van der Waals surface area contributed by atoms with Gasteiger partial charge in [-0.1, -0.05) is 30.3 Å². The third kappa shape index (κ3) is 3.61. The van der Waals surface area contributed by atoms with E-state index >= 15 is 0 Å². The van der Waals surface area contributed by atoms with Gasteiger partial charge in [0.05, 0.1) is 28.8 Å². The summed E-state index contributed by atoms with van der Waals surface area (Å²) in [7, 11) is 0. The fraction of sp³-hybridized carbons (Fsp3) is 0.217. The highest BCUT2D eigenvalue weighted by Gasteiger charge is 2.34. The van der Waals surface area contributed by atoms with Crippen LogP contribution in [-0.2, 0) is 4.74 Å². The number of rotatable bonds is 6. The molecule has 0 bridgehead atoms. The molecule has 0 radical (unpaired) electrons. The number of imide groups is 1. The average molecular weight is 388 g/mol. The van der Waals surface area contributed by atoms with Crippen molar-refractivity contribution in [3.05, 3.63) is 77.0 Å². The Balaban J connectivity index is 1.31. The highest BCUT2D eigenvalue weighted by molar-refractivity contribution is 6.21. The maximum Gasteiger partial charge on any atom is 0.338 e. The van der Waals surface area contributed by atoms with Crippen molar-refractivity contribution in [2.45, 2.75) is 19.8 Å². The average Bonchev–Trinajstić information content (AvgIpc) is 2.97. The summed E-state index contributed by atoms with van der Waals surface area (Å²) in [4.78, 5) is 42.9. The number of ether oxygens (including phenoxy) is 1. The Morgan fingerprint density at radius 3 is 2.34 bits per heavy atom. The zero-order valence-electron chi connectivity index (χ0n) is 16.1. The molecule has 29 heavy (non-hydrogen) atoms. The molecule has 146 valence electrons. The molecule has 3 aromatic rings. The lowest BCUT2D eigenvalue weighted by Gasteiger charge is -2.13. The molecule has 0 spiro atoms. The van der Waals surface area contributed by atoms with Crippen LogP contribution in [0, 0.1) is 6.92 Å². The van der Waals surface area contributed by atoms with Gasteiger partial charge in [0.1, 0.15) is 0 Å². The maximum absolute atomic E-state index is 12.5. The van der Waals surface area contributed by atoms with Crippen molar-refractivity contribution in [3.8, 4) is 0 Å². The van der Waals surface area contributed by atoms with E-state index in [0.717, 1.165) is 16.6 Å². The van der Waals surface area contributed by atoms with Crippen molar-refractivity contribution in [2.75, 3.05) is 13.2 Å². The first-order chi connectivity index (χ1) is 14.1. The first kappa shape index (κ1) is 18.8. The highest BCUT2D eigenvalue weighted by Crippen LogP contribution is 2.23. The minimum absolute atomic E-state index is 0.220. The smallest absolute Gasteiger partial charge is 0.338 e. The van der Waals surface area contributed by atoms with Crippen LogP contribution in [-0.4, -0.2) is 40.8 Å². The van der Waals surface area contributed by atoms with E-state index < -0.39 is 5.97 Å². The van der Waals surface area contributed by atoms with Crippen LogP contribution in [0.1, 0.15) is 49.6 Å². The van der Waals surface area contributed by atoms with E-state index in [9.17, 15) is 14.4 Å².